The Morgan fingerprint density at radius 2 is 1.29 bits per heavy atom. The molecule has 1 heterocycles. The molecule has 0 fully saturated rings. The summed E-state index contributed by atoms with van der Waals surface area (Å²) in [5.41, 5.74) is 0. The van der Waals surface area contributed by atoms with Crippen LogP contribution in [0.15, 0.2) is 16.5 Å². The number of aryl methyl sites for hydroxylation is 1. The van der Waals surface area contributed by atoms with Crippen LogP contribution in [-0.4, -0.2) is 6.61 Å². The van der Waals surface area contributed by atoms with Gasteiger partial charge in [-0.25, -0.2) is 0 Å². The highest BCUT2D eigenvalue weighted by Crippen LogP contribution is 2.16. The van der Waals surface area contributed by atoms with Crippen molar-refractivity contribution in [1.29, 1.82) is 0 Å². The topological polar surface area (TPSA) is 22.4 Å². The molecule has 0 unspecified atom stereocenters. The van der Waals surface area contributed by atoms with Crippen LogP contribution in [-0.2, 0) is 0 Å². The molecule has 0 saturated carbocycles. The Morgan fingerprint density at radius 1 is 0.762 bits per heavy atom. The lowest BCUT2D eigenvalue weighted by molar-refractivity contribution is 0.232. The average Bonchev–Trinajstić information content (AvgIpc) is 2.89. The van der Waals surface area contributed by atoms with Gasteiger partial charge in [0, 0.05) is 6.07 Å². The van der Waals surface area contributed by atoms with Gasteiger partial charge in [0.1, 0.15) is 5.76 Å². The van der Waals surface area contributed by atoms with E-state index >= 15 is 0 Å². The molecule has 0 radical (unpaired) electrons. The lowest BCUT2D eigenvalue weighted by Crippen LogP contribution is -1.96. The Balaban J connectivity index is 1.74. The van der Waals surface area contributed by atoms with E-state index in [2.05, 4.69) is 6.92 Å². The van der Waals surface area contributed by atoms with Crippen molar-refractivity contribution in [3.8, 4) is 5.95 Å². The molecule has 2 heteroatoms. The van der Waals surface area contributed by atoms with Crippen molar-refractivity contribution < 1.29 is 9.15 Å². The molecule has 0 atom stereocenters. The van der Waals surface area contributed by atoms with Gasteiger partial charge in [-0.05, 0) is 19.4 Å². The van der Waals surface area contributed by atoms with Crippen LogP contribution >= 0.6 is 0 Å². The van der Waals surface area contributed by atoms with Crippen LogP contribution in [0.2, 0.25) is 0 Å². The van der Waals surface area contributed by atoms with E-state index in [1.54, 1.807) is 0 Å². The minimum Gasteiger partial charge on any atom is -0.465 e. The van der Waals surface area contributed by atoms with E-state index in [0.717, 1.165) is 18.8 Å². The summed E-state index contributed by atoms with van der Waals surface area (Å²) in [4.78, 5) is 0. The molecule has 0 bridgehead atoms. The summed E-state index contributed by atoms with van der Waals surface area (Å²) in [6.45, 7) is 5.00. The summed E-state index contributed by atoms with van der Waals surface area (Å²) in [7, 11) is 0. The maximum absolute atomic E-state index is 5.55. The summed E-state index contributed by atoms with van der Waals surface area (Å²) >= 11 is 0. The molecular weight excluding hydrogens is 260 g/mol. The van der Waals surface area contributed by atoms with Gasteiger partial charge in [-0.15, -0.1) is 0 Å². The van der Waals surface area contributed by atoms with Crippen LogP contribution in [0.3, 0.4) is 0 Å². The molecule has 2 nitrogen and oxygen atoms in total. The highest BCUT2D eigenvalue weighted by molar-refractivity contribution is 5.10. The third-order valence-corrected chi connectivity index (χ3v) is 3.96. The fourth-order valence-electron chi connectivity index (χ4n) is 2.61. The predicted molar refractivity (Wildman–Crippen MR) is 90.0 cm³/mol. The van der Waals surface area contributed by atoms with Crippen molar-refractivity contribution in [2.45, 2.75) is 90.9 Å². The maximum atomic E-state index is 5.55. The van der Waals surface area contributed by atoms with Gasteiger partial charge in [0.15, 0.2) is 0 Å². The largest absolute Gasteiger partial charge is 0.465 e. The number of ether oxygens (including phenoxy) is 1. The van der Waals surface area contributed by atoms with Gasteiger partial charge in [0.05, 0.1) is 6.61 Å². The molecule has 0 spiro atoms. The van der Waals surface area contributed by atoms with E-state index in [1.165, 1.54) is 70.6 Å². The number of hydrogen-bond acceptors (Lipinski definition) is 2. The lowest BCUT2D eigenvalue weighted by Gasteiger charge is -2.04. The third kappa shape index (κ3) is 10.4. The normalized spacial score (nSPS) is 11.0. The second-order valence-electron chi connectivity index (χ2n) is 6.10. The summed E-state index contributed by atoms with van der Waals surface area (Å²) < 4.78 is 10.9. The molecule has 0 aromatic carbocycles. The number of hydrogen-bond donors (Lipinski definition) is 0. The number of unbranched alkanes of at least 4 members (excludes halogenated alkanes) is 11. The Labute approximate surface area is 131 Å². The molecule has 0 amide bonds. The van der Waals surface area contributed by atoms with E-state index in [0.29, 0.717) is 5.95 Å². The van der Waals surface area contributed by atoms with E-state index in [9.17, 15) is 0 Å². The second kappa shape index (κ2) is 12.8. The maximum Gasteiger partial charge on any atom is 0.284 e. The standard InChI is InChI=1S/C19H34O2/c1-3-4-5-6-7-8-9-10-11-12-13-14-17-20-19-16-15-18(2)21-19/h15-16H,3-14,17H2,1-2H3. The van der Waals surface area contributed by atoms with Crippen molar-refractivity contribution in [1.82, 2.24) is 0 Å². The van der Waals surface area contributed by atoms with Gasteiger partial charge < -0.3 is 9.15 Å². The Kier molecular flexibility index (Phi) is 11.0. The molecule has 122 valence electrons. The fourth-order valence-corrected chi connectivity index (χ4v) is 2.61. The van der Waals surface area contributed by atoms with E-state index in [1.807, 2.05) is 19.1 Å². The Hall–Kier alpha value is -0.920. The molecule has 0 aliphatic carbocycles. The van der Waals surface area contributed by atoms with Gasteiger partial charge in [-0.1, -0.05) is 77.6 Å². The summed E-state index contributed by atoms with van der Waals surface area (Å²) in [6.07, 6.45) is 16.5. The second-order valence-corrected chi connectivity index (χ2v) is 6.10. The smallest absolute Gasteiger partial charge is 0.284 e. The van der Waals surface area contributed by atoms with Crippen LogP contribution in [0, 0.1) is 6.92 Å². The van der Waals surface area contributed by atoms with Crippen molar-refractivity contribution in [3.63, 3.8) is 0 Å². The highest BCUT2D eigenvalue weighted by Gasteiger charge is 1.98. The molecule has 1 aromatic rings. The van der Waals surface area contributed by atoms with Crippen LogP contribution in [0.25, 0.3) is 0 Å². The summed E-state index contributed by atoms with van der Waals surface area (Å²) in [6, 6.07) is 3.84. The molecule has 1 aromatic heterocycles. The van der Waals surface area contributed by atoms with Crippen LogP contribution < -0.4 is 4.74 Å². The van der Waals surface area contributed by atoms with Gasteiger partial charge in [-0.2, -0.15) is 0 Å². The zero-order chi connectivity index (χ0) is 15.2. The zero-order valence-electron chi connectivity index (χ0n) is 14.2. The molecule has 0 aliphatic heterocycles. The first-order valence-electron chi connectivity index (χ1n) is 9.02. The Morgan fingerprint density at radius 3 is 1.76 bits per heavy atom. The zero-order valence-corrected chi connectivity index (χ0v) is 14.2. The van der Waals surface area contributed by atoms with Crippen LogP contribution in [0.1, 0.15) is 89.7 Å². The quantitative estimate of drug-likeness (QED) is 0.358. The molecule has 0 aliphatic rings. The van der Waals surface area contributed by atoms with Crippen molar-refractivity contribution in [3.05, 3.63) is 17.9 Å². The van der Waals surface area contributed by atoms with E-state index in [4.69, 9.17) is 9.15 Å². The highest BCUT2D eigenvalue weighted by atomic mass is 16.6. The Bertz CT molecular complexity index is 330. The van der Waals surface area contributed by atoms with Gasteiger partial charge in [0.25, 0.3) is 5.95 Å². The van der Waals surface area contributed by atoms with Gasteiger partial charge in [-0.3, -0.25) is 0 Å². The lowest BCUT2D eigenvalue weighted by atomic mass is 10.1. The minimum atomic E-state index is 0.663. The SMILES string of the molecule is CCCCCCCCCCCCCCOc1ccc(C)o1. The molecule has 21 heavy (non-hydrogen) atoms. The number of furan rings is 1. The third-order valence-electron chi connectivity index (χ3n) is 3.96. The summed E-state index contributed by atoms with van der Waals surface area (Å²) in [5.74, 6) is 1.58. The first kappa shape index (κ1) is 18.1. The van der Waals surface area contributed by atoms with Crippen LogP contribution in [0.4, 0.5) is 0 Å². The minimum absolute atomic E-state index is 0.663. The van der Waals surface area contributed by atoms with Gasteiger partial charge in [0.2, 0.25) is 0 Å². The molecular formula is C19H34O2. The van der Waals surface area contributed by atoms with Crippen molar-refractivity contribution >= 4 is 0 Å². The first-order chi connectivity index (χ1) is 10.3. The monoisotopic (exact) mass is 294 g/mol. The van der Waals surface area contributed by atoms with E-state index in [-0.39, 0.29) is 0 Å². The van der Waals surface area contributed by atoms with Crippen molar-refractivity contribution in [2.75, 3.05) is 6.61 Å². The molecule has 1 rings (SSSR count). The first-order valence-corrected chi connectivity index (χ1v) is 9.02. The molecule has 0 saturated heterocycles. The van der Waals surface area contributed by atoms with Crippen molar-refractivity contribution in [2.24, 2.45) is 0 Å². The van der Waals surface area contributed by atoms with Crippen LogP contribution in [0.5, 0.6) is 5.95 Å². The summed E-state index contributed by atoms with van der Waals surface area (Å²) in [5, 5.41) is 0. The number of rotatable bonds is 14. The van der Waals surface area contributed by atoms with E-state index < -0.39 is 0 Å². The molecule has 0 N–H and O–H groups in total. The average molecular weight is 294 g/mol. The fraction of sp³-hybridized carbons (Fsp3) is 0.789. The van der Waals surface area contributed by atoms with Gasteiger partial charge >= 0.3 is 0 Å². The predicted octanol–water partition coefficient (Wildman–Crippen LogP) is 6.67.